The highest BCUT2D eigenvalue weighted by Crippen LogP contribution is 2.52. The third-order valence-electron chi connectivity index (χ3n) is 5.65. The molecule has 142 valence electrons. The van der Waals surface area contributed by atoms with Crippen LogP contribution in [0.3, 0.4) is 0 Å². The summed E-state index contributed by atoms with van der Waals surface area (Å²) in [5, 5.41) is 12.0. The Morgan fingerprint density at radius 3 is 1.37 bits per heavy atom. The number of aromatic nitrogens is 2. The second-order valence-corrected chi connectivity index (χ2v) is 9.20. The summed E-state index contributed by atoms with van der Waals surface area (Å²) in [4.78, 5) is 0. The maximum Gasteiger partial charge on any atom is 0.101 e. The minimum absolute atomic E-state index is 0.919. The Bertz CT molecular complexity index is 1330. The van der Waals surface area contributed by atoms with Crippen LogP contribution in [0.5, 0.6) is 0 Å². The Morgan fingerprint density at radius 2 is 0.933 bits per heavy atom. The molecule has 6 rings (SSSR count). The van der Waals surface area contributed by atoms with Crippen LogP contribution in [-0.2, 0) is 0 Å². The Balaban J connectivity index is 1.73. The Hall–Kier alpha value is -2.82. The fourth-order valence-corrected chi connectivity index (χ4v) is 4.87. The van der Waals surface area contributed by atoms with E-state index in [0.29, 0.717) is 0 Å². The summed E-state index contributed by atoms with van der Waals surface area (Å²) in [7, 11) is 0. The molecule has 0 amide bonds. The fraction of sp³-hybridized carbons (Fsp3) is 0. The van der Waals surface area contributed by atoms with E-state index in [0.717, 1.165) is 42.6 Å². The number of hydrogen-bond acceptors (Lipinski definition) is 2. The van der Waals surface area contributed by atoms with E-state index in [1.54, 1.807) is 0 Å². The number of hydrogen-bond donors (Lipinski definition) is 0. The van der Waals surface area contributed by atoms with Crippen LogP contribution >= 0.6 is 31.9 Å². The summed E-state index contributed by atoms with van der Waals surface area (Å²) in [6.45, 7) is 0. The van der Waals surface area contributed by atoms with Crippen molar-refractivity contribution in [2.75, 3.05) is 0 Å². The molecule has 0 fully saturated rings. The van der Waals surface area contributed by atoms with Crippen molar-refractivity contribution < 1.29 is 0 Å². The molecule has 1 aliphatic carbocycles. The largest absolute Gasteiger partial charge is 0.149 e. The van der Waals surface area contributed by atoms with Crippen molar-refractivity contribution >= 4 is 42.6 Å². The fourth-order valence-electron chi connectivity index (χ4n) is 4.34. The molecule has 0 radical (unpaired) electrons. The molecule has 1 heterocycles. The number of rotatable bonds is 2. The van der Waals surface area contributed by atoms with Gasteiger partial charge in [-0.15, -0.1) is 10.2 Å². The van der Waals surface area contributed by atoms with Gasteiger partial charge in [-0.25, -0.2) is 0 Å². The summed E-state index contributed by atoms with van der Waals surface area (Å²) in [6, 6.07) is 29.6. The molecule has 0 bridgehead atoms. The first-order valence-electron chi connectivity index (χ1n) is 9.66. The van der Waals surface area contributed by atoms with E-state index in [1.165, 1.54) is 21.9 Å². The van der Waals surface area contributed by atoms with Gasteiger partial charge in [-0.3, -0.25) is 0 Å². The predicted octanol–water partition coefficient (Wildman–Crippen LogP) is 8.14. The Kier molecular flexibility index (Phi) is 4.12. The van der Waals surface area contributed by atoms with Gasteiger partial charge in [0.15, 0.2) is 0 Å². The van der Waals surface area contributed by atoms with Gasteiger partial charge in [-0.05, 0) is 46.2 Å². The van der Waals surface area contributed by atoms with Crippen LogP contribution in [0.1, 0.15) is 0 Å². The quantitative estimate of drug-likeness (QED) is 0.233. The molecular formula is C26H14Br2N2. The molecule has 4 heteroatoms. The van der Waals surface area contributed by atoms with Crippen LogP contribution in [-0.4, -0.2) is 10.2 Å². The topological polar surface area (TPSA) is 25.8 Å². The SMILES string of the molecule is Brc1ccc(-c2nnc(-c3ccc(Br)cc3)c3c2-c2cccc4cccc-3c24)cc1. The van der Waals surface area contributed by atoms with E-state index in [2.05, 4.69) is 117 Å². The van der Waals surface area contributed by atoms with Gasteiger partial charge in [-0.2, -0.15) is 0 Å². The van der Waals surface area contributed by atoms with Crippen molar-refractivity contribution in [2.45, 2.75) is 0 Å². The van der Waals surface area contributed by atoms with Crippen LogP contribution in [0.4, 0.5) is 0 Å². The van der Waals surface area contributed by atoms with Crippen molar-refractivity contribution in [2.24, 2.45) is 0 Å². The minimum Gasteiger partial charge on any atom is -0.149 e. The van der Waals surface area contributed by atoms with Gasteiger partial charge >= 0.3 is 0 Å². The summed E-state index contributed by atoms with van der Waals surface area (Å²) >= 11 is 7.07. The maximum atomic E-state index is 4.74. The lowest BCUT2D eigenvalue weighted by molar-refractivity contribution is 1.05. The first kappa shape index (κ1) is 18.0. The molecule has 0 N–H and O–H groups in total. The van der Waals surface area contributed by atoms with Crippen LogP contribution in [0, 0.1) is 0 Å². The van der Waals surface area contributed by atoms with Crippen LogP contribution in [0.25, 0.3) is 55.5 Å². The molecule has 1 aromatic heterocycles. The van der Waals surface area contributed by atoms with E-state index < -0.39 is 0 Å². The van der Waals surface area contributed by atoms with Crippen molar-refractivity contribution in [1.29, 1.82) is 0 Å². The van der Waals surface area contributed by atoms with Crippen molar-refractivity contribution in [3.8, 4) is 44.8 Å². The smallest absolute Gasteiger partial charge is 0.101 e. The van der Waals surface area contributed by atoms with Gasteiger partial charge in [0, 0.05) is 31.2 Å². The average Bonchev–Trinajstić information content (AvgIpc) is 3.12. The highest BCUT2D eigenvalue weighted by Gasteiger charge is 2.29. The summed E-state index contributed by atoms with van der Waals surface area (Å²) < 4.78 is 2.10. The monoisotopic (exact) mass is 512 g/mol. The summed E-state index contributed by atoms with van der Waals surface area (Å²) in [6.07, 6.45) is 0. The molecule has 0 saturated heterocycles. The highest BCUT2D eigenvalue weighted by atomic mass is 79.9. The lowest BCUT2D eigenvalue weighted by Crippen LogP contribution is -1.97. The van der Waals surface area contributed by atoms with E-state index in [9.17, 15) is 0 Å². The van der Waals surface area contributed by atoms with Gasteiger partial charge in [0.1, 0.15) is 11.4 Å². The third-order valence-corrected chi connectivity index (χ3v) is 6.71. The molecule has 0 unspecified atom stereocenters. The third kappa shape index (κ3) is 2.68. The predicted molar refractivity (Wildman–Crippen MR) is 130 cm³/mol. The van der Waals surface area contributed by atoms with E-state index in [-0.39, 0.29) is 0 Å². The molecule has 5 aromatic rings. The maximum absolute atomic E-state index is 4.74. The van der Waals surface area contributed by atoms with E-state index in [4.69, 9.17) is 10.2 Å². The van der Waals surface area contributed by atoms with Gasteiger partial charge in [0.2, 0.25) is 0 Å². The lowest BCUT2D eigenvalue weighted by atomic mass is 9.95. The molecule has 0 atom stereocenters. The zero-order valence-electron chi connectivity index (χ0n) is 15.7. The van der Waals surface area contributed by atoms with Crippen LogP contribution in [0.15, 0.2) is 93.9 Å². The van der Waals surface area contributed by atoms with Crippen LogP contribution in [0.2, 0.25) is 0 Å². The number of benzene rings is 4. The number of fused-ring (bicyclic) bond motifs is 3. The minimum atomic E-state index is 0.919. The molecule has 1 aliphatic rings. The van der Waals surface area contributed by atoms with Gasteiger partial charge in [0.25, 0.3) is 0 Å². The first-order chi connectivity index (χ1) is 14.7. The van der Waals surface area contributed by atoms with Crippen molar-refractivity contribution in [3.63, 3.8) is 0 Å². The zero-order valence-corrected chi connectivity index (χ0v) is 18.9. The number of nitrogens with zero attached hydrogens (tertiary/aromatic N) is 2. The molecule has 4 aromatic carbocycles. The van der Waals surface area contributed by atoms with E-state index in [1.807, 2.05) is 0 Å². The van der Waals surface area contributed by atoms with E-state index >= 15 is 0 Å². The lowest BCUT2D eigenvalue weighted by Gasteiger charge is -2.13. The summed E-state index contributed by atoms with van der Waals surface area (Å²) in [5.74, 6) is 0. The van der Waals surface area contributed by atoms with Gasteiger partial charge in [-0.1, -0.05) is 92.5 Å². The molecule has 0 spiro atoms. The molecule has 0 saturated carbocycles. The number of halogens is 2. The molecule has 30 heavy (non-hydrogen) atoms. The average molecular weight is 514 g/mol. The Labute approximate surface area is 190 Å². The van der Waals surface area contributed by atoms with Crippen molar-refractivity contribution in [1.82, 2.24) is 10.2 Å². The van der Waals surface area contributed by atoms with Gasteiger partial charge in [0.05, 0.1) is 0 Å². The molecule has 2 nitrogen and oxygen atoms in total. The zero-order chi connectivity index (χ0) is 20.2. The second kappa shape index (κ2) is 6.86. The normalized spacial score (nSPS) is 11.7. The summed E-state index contributed by atoms with van der Waals surface area (Å²) in [5.41, 5.74) is 8.75. The first-order valence-corrected chi connectivity index (χ1v) is 11.2. The Morgan fingerprint density at radius 1 is 0.500 bits per heavy atom. The van der Waals surface area contributed by atoms with Crippen LogP contribution < -0.4 is 0 Å². The standard InChI is InChI=1S/C26H14Br2N2/c27-18-11-7-16(8-12-18)25-23-20-5-1-3-15-4-2-6-21(22(15)20)24(23)26(30-29-25)17-9-13-19(28)14-10-17/h1-14H. The second-order valence-electron chi connectivity index (χ2n) is 7.37. The van der Waals surface area contributed by atoms with Crippen molar-refractivity contribution in [3.05, 3.63) is 93.9 Å². The van der Waals surface area contributed by atoms with Gasteiger partial charge < -0.3 is 0 Å². The molecular weight excluding hydrogens is 500 g/mol. The highest BCUT2D eigenvalue weighted by molar-refractivity contribution is 9.10. The molecule has 0 aliphatic heterocycles.